The van der Waals surface area contributed by atoms with Gasteiger partial charge < -0.3 is 34.5 Å². The van der Waals surface area contributed by atoms with Gasteiger partial charge in [-0.2, -0.15) is 0 Å². The third-order valence-corrected chi connectivity index (χ3v) is 5.52. The van der Waals surface area contributed by atoms with E-state index in [-0.39, 0.29) is 38.1 Å². The molecule has 6 atom stereocenters. The SMILES string of the molecule is COC(=O)CCC(=O)NC[C@H](OC(=O)CC[C@@H](C)O[C@@H]1OC(C)[C@H](O)CC1O)c1ccccc1. The van der Waals surface area contributed by atoms with E-state index in [1.54, 1.807) is 38.1 Å². The van der Waals surface area contributed by atoms with Crippen LogP contribution in [0.5, 0.6) is 0 Å². The summed E-state index contributed by atoms with van der Waals surface area (Å²) in [5, 5.41) is 22.5. The Hall–Kier alpha value is -2.53. The summed E-state index contributed by atoms with van der Waals surface area (Å²) in [6, 6.07) is 9.03. The van der Waals surface area contributed by atoms with Crippen molar-refractivity contribution in [2.24, 2.45) is 0 Å². The Morgan fingerprint density at radius 1 is 1.09 bits per heavy atom. The number of benzene rings is 1. The first kappa shape index (κ1) is 27.7. The van der Waals surface area contributed by atoms with Gasteiger partial charge in [-0.05, 0) is 25.8 Å². The predicted molar refractivity (Wildman–Crippen MR) is 120 cm³/mol. The fourth-order valence-electron chi connectivity index (χ4n) is 3.41. The molecule has 0 bridgehead atoms. The highest BCUT2D eigenvalue weighted by molar-refractivity contribution is 5.81. The largest absolute Gasteiger partial charge is 0.469 e. The van der Waals surface area contributed by atoms with Gasteiger partial charge in [0.25, 0.3) is 0 Å². The number of aliphatic hydroxyl groups excluding tert-OH is 2. The van der Waals surface area contributed by atoms with Crippen LogP contribution in [0.1, 0.15) is 57.6 Å². The van der Waals surface area contributed by atoms with Crippen molar-refractivity contribution in [1.29, 1.82) is 0 Å². The van der Waals surface area contributed by atoms with E-state index in [2.05, 4.69) is 10.1 Å². The first-order valence-electron chi connectivity index (χ1n) is 11.4. The topological polar surface area (TPSA) is 141 Å². The molecule has 0 radical (unpaired) electrons. The number of esters is 2. The van der Waals surface area contributed by atoms with Crippen LogP contribution in [0.15, 0.2) is 30.3 Å². The van der Waals surface area contributed by atoms with Crippen LogP contribution in [0.3, 0.4) is 0 Å². The van der Waals surface area contributed by atoms with Crippen LogP contribution < -0.4 is 5.32 Å². The molecule has 1 amide bonds. The highest BCUT2D eigenvalue weighted by atomic mass is 16.7. The van der Waals surface area contributed by atoms with E-state index >= 15 is 0 Å². The van der Waals surface area contributed by atoms with Gasteiger partial charge in [0.2, 0.25) is 5.91 Å². The minimum absolute atomic E-state index is 0.0261. The van der Waals surface area contributed by atoms with E-state index in [1.165, 1.54) is 7.11 Å². The Morgan fingerprint density at radius 3 is 2.47 bits per heavy atom. The highest BCUT2D eigenvalue weighted by Gasteiger charge is 2.35. The zero-order valence-corrected chi connectivity index (χ0v) is 19.8. The van der Waals surface area contributed by atoms with E-state index in [1.807, 2.05) is 6.07 Å². The second kappa shape index (κ2) is 14.0. The molecule has 10 nitrogen and oxygen atoms in total. The van der Waals surface area contributed by atoms with Gasteiger partial charge in [-0.1, -0.05) is 30.3 Å². The van der Waals surface area contributed by atoms with Crippen molar-refractivity contribution in [2.75, 3.05) is 13.7 Å². The van der Waals surface area contributed by atoms with Crippen LogP contribution in [0.2, 0.25) is 0 Å². The Bertz CT molecular complexity index is 788. The van der Waals surface area contributed by atoms with Crippen LogP contribution in [0, 0.1) is 0 Å². The summed E-state index contributed by atoms with van der Waals surface area (Å²) in [7, 11) is 1.26. The van der Waals surface area contributed by atoms with Gasteiger partial charge in [-0.15, -0.1) is 0 Å². The van der Waals surface area contributed by atoms with Crippen molar-refractivity contribution >= 4 is 17.8 Å². The Labute approximate surface area is 199 Å². The number of methoxy groups -OCH3 is 1. The second-order valence-corrected chi connectivity index (χ2v) is 8.33. The minimum atomic E-state index is -0.953. The van der Waals surface area contributed by atoms with Gasteiger partial charge in [0.05, 0.1) is 38.4 Å². The molecular formula is C24H35NO9. The van der Waals surface area contributed by atoms with E-state index in [0.717, 1.165) is 5.56 Å². The quantitative estimate of drug-likeness (QED) is 0.378. The summed E-state index contributed by atoms with van der Waals surface area (Å²) in [6.07, 6.45) is -3.65. The zero-order valence-electron chi connectivity index (χ0n) is 19.8. The van der Waals surface area contributed by atoms with Crippen molar-refractivity contribution in [3.63, 3.8) is 0 Å². The summed E-state index contributed by atoms with van der Waals surface area (Å²) in [6.45, 7) is 3.52. The van der Waals surface area contributed by atoms with Crippen LogP contribution in [-0.4, -0.2) is 72.4 Å². The van der Waals surface area contributed by atoms with Gasteiger partial charge in [0.15, 0.2) is 6.29 Å². The Balaban J connectivity index is 1.83. The number of hydrogen-bond acceptors (Lipinski definition) is 9. The maximum atomic E-state index is 12.5. The van der Waals surface area contributed by atoms with E-state index in [4.69, 9.17) is 14.2 Å². The van der Waals surface area contributed by atoms with Crippen LogP contribution in [0.25, 0.3) is 0 Å². The number of carbonyl (C=O) groups excluding carboxylic acids is 3. The molecule has 0 aromatic heterocycles. The summed E-state index contributed by atoms with van der Waals surface area (Å²) in [4.78, 5) is 35.8. The molecule has 2 rings (SSSR count). The van der Waals surface area contributed by atoms with Gasteiger partial charge in [0.1, 0.15) is 12.2 Å². The smallest absolute Gasteiger partial charge is 0.306 e. The molecule has 0 saturated carbocycles. The Kier molecular flexibility index (Phi) is 11.4. The molecule has 1 aliphatic rings. The van der Waals surface area contributed by atoms with Crippen molar-refractivity contribution < 1.29 is 43.5 Å². The average molecular weight is 482 g/mol. The second-order valence-electron chi connectivity index (χ2n) is 8.33. The number of ether oxygens (including phenoxy) is 4. The first-order chi connectivity index (χ1) is 16.2. The fourth-order valence-corrected chi connectivity index (χ4v) is 3.41. The molecule has 190 valence electrons. The number of aliphatic hydroxyl groups is 2. The first-order valence-corrected chi connectivity index (χ1v) is 11.4. The number of carbonyl (C=O) groups is 3. The van der Waals surface area contributed by atoms with Crippen molar-refractivity contribution in [3.05, 3.63) is 35.9 Å². The fraction of sp³-hybridized carbons (Fsp3) is 0.625. The molecule has 1 aromatic carbocycles. The van der Waals surface area contributed by atoms with Gasteiger partial charge >= 0.3 is 11.9 Å². The maximum absolute atomic E-state index is 12.5. The monoisotopic (exact) mass is 481 g/mol. The lowest BCUT2D eigenvalue weighted by Gasteiger charge is -2.36. The van der Waals surface area contributed by atoms with Crippen LogP contribution in [0.4, 0.5) is 0 Å². The van der Waals surface area contributed by atoms with Gasteiger partial charge in [-0.25, -0.2) is 0 Å². The molecule has 0 spiro atoms. The average Bonchev–Trinajstić information content (AvgIpc) is 2.82. The molecule has 1 aromatic rings. The van der Waals surface area contributed by atoms with Crippen molar-refractivity contribution in [3.8, 4) is 0 Å². The predicted octanol–water partition coefficient (Wildman–Crippen LogP) is 1.38. The maximum Gasteiger partial charge on any atom is 0.306 e. The summed E-state index contributed by atoms with van der Waals surface area (Å²) < 4.78 is 21.3. The molecule has 3 N–H and O–H groups in total. The van der Waals surface area contributed by atoms with Crippen LogP contribution in [-0.2, 0) is 33.3 Å². The molecule has 1 fully saturated rings. The molecule has 1 aliphatic heterocycles. The van der Waals surface area contributed by atoms with Gasteiger partial charge in [-0.3, -0.25) is 14.4 Å². The third kappa shape index (κ3) is 9.38. The minimum Gasteiger partial charge on any atom is -0.469 e. The lowest BCUT2D eigenvalue weighted by molar-refractivity contribution is -0.273. The summed E-state index contributed by atoms with van der Waals surface area (Å²) >= 11 is 0. The lowest BCUT2D eigenvalue weighted by atomic mass is 10.0. The van der Waals surface area contributed by atoms with E-state index < -0.39 is 48.7 Å². The number of amides is 1. The van der Waals surface area contributed by atoms with Crippen LogP contribution >= 0.6 is 0 Å². The number of nitrogens with one attached hydrogen (secondary N) is 1. The molecule has 2 unspecified atom stereocenters. The van der Waals surface area contributed by atoms with Crippen molar-refractivity contribution in [1.82, 2.24) is 5.32 Å². The summed E-state index contributed by atoms with van der Waals surface area (Å²) in [5.41, 5.74) is 0.722. The Morgan fingerprint density at radius 2 is 1.79 bits per heavy atom. The van der Waals surface area contributed by atoms with E-state index in [9.17, 15) is 24.6 Å². The standard InChI is InChI=1S/C24H35NO9/c1-15(32-24-19(27)13-18(26)16(2)33-24)9-11-23(30)34-20(17-7-5-4-6-8-17)14-25-21(28)10-12-22(29)31-3/h4-8,15-16,18-20,24,26-27H,9-14H2,1-3H3,(H,25,28)/t15-,16?,18-,19?,20+,24-/m1/s1. The van der Waals surface area contributed by atoms with Gasteiger partial charge in [0, 0.05) is 19.3 Å². The summed E-state index contributed by atoms with van der Waals surface area (Å²) in [5.74, 6) is -1.30. The normalized spacial score (nSPS) is 24.0. The third-order valence-electron chi connectivity index (χ3n) is 5.52. The molecule has 0 aliphatic carbocycles. The molecule has 34 heavy (non-hydrogen) atoms. The molecule has 1 saturated heterocycles. The lowest BCUT2D eigenvalue weighted by Crippen LogP contribution is -2.48. The zero-order chi connectivity index (χ0) is 25.1. The molecule has 10 heteroatoms. The highest BCUT2D eigenvalue weighted by Crippen LogP contribution is 2.23. The number of hydrogen-bond donors (Lipinski definition) is 3. The molecule has 1 heterocycles. The van der Waals surface area contributed by atoms with Crippen molar-refractivity contribution in [2.45, 2.75) is 82.8 Å². The number of rotatable bonds is 12. The molecular weight excluding hydrogens is 446 g/mol. The van der Waals surface area contributed by atoms with E-state index in [0.29, 0.717) is 6.42 Å².